The van der Waals surface area contributed by atoms with Crippen LogP contribution in [0.2, 0.25) is 5.02 Å². The van der Waals surface area contributed by atoms with Crippen LogP contribution in [0.1, 0.15) is 30.3 Å². The topological polar surface area (TPSA) is 63.0 Å². The second kappa shape index (κ2) is 5.59. The molecule has 2 heterocycles. The lowest BCUT2D eigenvalue weighted by Crippen LogP contribution is -2.12. The van der Waals surface area contributed by atoms with Crippen LogP contribution in [0.15, 0.2) is 28.7 Å². The van der Waals surface area contributed by atoms with E-state index in [0.29, 0.717) is 18.5 Å². The fraction of sp³-hybridized carbons (Fsp3) is 0.385. The van der Waals surface area contributed by atoms with Crippen LogP contribution in [0.5, 0.6) is 0 Å². The molecule has 1 fully saturated rings. The summed E-state index contributed by atoms with van der Waals surface area (Å²) in [5, 5.41) is 15.2. The summed E-state index contributed by atoms with van der Waals surface area (Å²) in [6, 6.07) is 8.31. The molecule has 0 amide bonds. The number of anilines is 1. The standard InChI is InChI=1S/C13H15ClN4O/c14-10-5-2-1-4-9(10)8-16-13-18-17-12(19-13)11-6-3-7-15-11/h1-2,4-5,11,15H,3,6-8H2,(H,16,18). The van der Waals surface area contributed by atoms with Crippen molar-refractivity contribution in [2.45, 2.75) is 25.4 Å². The van der Waals surface area contributed by atoms with Gasteiger partial charge in [0.2, 0.25) is 5.89 Å². The predicted molar refractivity (Wildman–Crippen MR) is 73.1 cm³/mol. The first-order valence-corrected chi connectivity index (χ1v) is 6.75. The Kier molecular flexibility index (Phi) is 3.66. The van der Waals surface area contributed by atoms with E-state index in [1.54, 1.807) is 0 Å². The van der Waals surface area contributed by atoms with E-state index in [0.717, 1.165) is 30.0 Å². The molecule has 2 N–H and O–H groups in total. The van der Waals surface area contributed by atoms with Crippen molar-refractivity contribution >= 4 is 17.6 Å². The molecule has 1 aromatic carbocycles. The molecule has 6 heteroatoms. The Hall–Kier alpha value is -1.59. The highest BCUT2D eigenvalue weighted by atomic mass is 35.5. The second-order valence-corrected chi connectivity index (χ2v) is 4.95. The first-order chi connectivity index (χ1) is 9.33. The largest absolute Gasteiger partial charge is 0.406 e. The number of hydrogen-bond donors (Lipinski definition) is 2. The minimum atomic E-state index is 0.198. The second-order valence-electron chi connectivity index (χ2n) is 4.54. The fourth-order valence-electron chi connectivity index (χ4n) is 2.15. The van der Waals surface area contributed by atoms with Crippen molar-refractivity contribution in [3.05, 3.63) is 40.7 Å². The van der Waals surface area contributed by atoms with Gasteiger partial charge < -0.3 is 15.1 Å². The van der Waals surface area contributed by atoms with Gasteiger partial charge in [0, 0.05) is 11.6 Å². The van der Waals surface area contributed by atoms with Crippen molar-refractivity contribution in [2.75, 3.05) is 11.9 Å². The molecule has 1 aromatic heterocycles. The molecule has 2 aromatic rings. The van der Waals surface area contributed by atoms with E-state index in [4.69, 9.17) is 16.0 Å². The van der Waals surface area contributed by atoms with E-state index in [9.17, 15) is 0 Å². The Morgan fingerprint density at radius 1 is 1.37 bits per heavy atom. The summed E-state index contributed by atoms with van der Waals surface area (Å²) in [7, 11) is 0. The van der Waals surface area contributed by atoms with E-state index >= 15 is 0 Å². The van der Waals surface area contributed by atoms with Gasteiger partial charge in [0.15, 0.2) is 0 Å². The van der Waals surface area contributed by atoms with Crippen molar-refractivity contribution in [2.24, 2.45) is 0 Å². The molecular weight excluding hydrogens is 264 g/mol. The van der Waals surface area contributed by atoms with Gasteiger partial charge in [-0.05, 0) is 31.0 Å². The summed E-state index contributed by atoms with van der Waals surface area (Å²) < 4.78 is 5.59. The van der Waals surface area contributed by atoms with Gasteiger partial charge in [-0.1, -0.05) is 34.9 Å². The first-order valence-electron chi connectivity index (χ1n) is 6.37. The van der Waals surface area contributed by atoms with E-state index in [-0.39, 0.29) is 6.04 Å². The van der Waals surface area contributed by atoms with Crippen molar-refractivity contribution < 1.29 is 4.42 Å². The van der Waals surface area contributed by atoms with E-state index < -0.39 is 0 Å². The molecule has 0 spiro atoms. The molecule has 5 nitrogen and oxygen atoms in total. The van der Waals surface area contributed by atoms with Gasteiger partial charge in [0.1, 0.15) is 0 Å². The van der Waals surface area contributed by atoms with Gasteiger partial charge in [0.05, 0.1) is 6.04 Å². The van der Waals surface area contributed by atoms with Gasteiger partial charge in [-0.25, -0.2) is 0 Å². The molecule has 1 saturated heterocycles. The maximum Gasteiger partial charge on any atom is 0.315 e. The van der Waals surface area contributed by atoms with Gasteiger partial charge in [0.25, 0.3) is 0 Å². The smallest absolute Gasteiger partial charge is 0.315 e. The summed E-state index contributed by atoms with van der Waals surface area (Å²) in [6.45, 7) is 1.58. The lowest BCUT2D eigenvalue weighted by molar-refractivity contribution is 0.437. The molecule has 0 radical (unpaired) electrons. The fourth-order valence-corrected chi connectivity index (χ4v) is 2.36. The van der Waals surface area contributed by atoms with Crippen LogP contribution in [0.25, 0.3) is 0 Å². The number of nitrogens with one attached hydrogen (secondary N) is 2. The maximum atomic E-state index is 6.08. The monoisotopic (exact) mass is 278 g/mol. The molecule has 19 heavy (non-hydrogen) atoms. The highest BCUT2D eigenvalue weighted by Gasteiger charge is 2.21. The number of nitrogens with zero attached hydrogens (tertiary/aromatic N) is 2. The Morgan fingerprint density at radius 3 is 3.05 bits per heavy atom. The minimum absolute atomic E-state index is 0.198. The highest BCUT2D eigenvalue weighted by Crippen LogP contribution is 2.23. The van der Waals surface area contributed by atoms with Gasteiger partial charge in [-0.2, -0.15) is 0 Å². The Balaban J connectivity index is 1.63. The number of benzene rings is 1. The molecule has 0 saturated carbocycles. The van der Waals surface area contributed by atoms with Crippen LogP contribution in [-0.2, 0) is 6.54 Å². The number of hydrogen-bond acceptors (Lipinski definition) is 5. The van der Waals surface area contributed by atoms with E-state index in [2.05, 4.69) is 20.8 Å². The van der Waals surface area contributed by atoms with Crippen LogP contribution in [0, 0.1) is 0 Å². The quantitative estimate of drug-likeness (QED) is 0.900. The summed E-state index contributed by atoms with van der Waals surface area (Å²) in [5.74, 6) is 0.652. The molecule has 1 unspecified atom stereocenters. The summed E-state index contributed by atoms with van der Waals surface area (Å²) in [4.78, 5) is 0. The van der Waals surface area contributed by atoms with Gasteiger partial charge >= 0.3 is 6.01 Å². The van der Waals surface area contributed by atoms with Crippen LogP contribution in [0.4, 0.5) is 6.01 Å². The van der Waals surface area contributed by atoms with Gasteiger partial charge in [-0.3, -0.25) is 0 Å². The lowest BCUT2D eigenvalue weighted by Gasteiger charge is -2.04. The van der Waals surface area contributed by atoms with Crippen molar-refractivity contribution in [1.29, 1.82) is 0 Å². The first kappa shape index (κ1) is 12.4. The summed E-state index contributed by atoms with van der Waals surface area (Å²) in [6.07, 6.45) is 2.20. The lowest BCUT2D eigenvalue weighted by atomic mass is 10.2. The molecule has 0 aliphatic carbocycles. The Labute approximate surface area is 116 Å². The Morgan fingerprint density at radius 2 is 2.26 bits per heavy atom. The summed E-state index contributed by atoms with van der Waals surface area (Å²) in [5.41, 5.74) is 1.00. The zero-order valence-corrected chi connectivity index (χ0v) is 11.2. The normalized spacial score (nSPS) is 18.7. The van der Waals surface area contributed by atoms with Crippen LogP contribution in [0.3, 0.4) is 0 Å². The van der Waals surface area contributed by atoms with E-state index in [1.807, 2.05) is 24.3 Å². The molecule has 0 bridgehead atoms. The molecule has 1 atom stereocenters. The van der Waals surface area contributed by atoms with Gasteiger partial charge in [-0.15, -0.1) is 5.10 Å². The predicted octanol–water partition coefficient (Wildman–Crippen LogP) is 2.76. The molecular formula is C13H15ClN4O. The summed E-state index contributed by atoms with van der Waals surface area (Å²) >= 11 is 6.08. The average Bonchev–Trinajstić information content (AvgIpc) is 3.09. The zero-order chi connectivity index (χ0) is 13.1. The third-order valence-electron chi connectivity index (χ3n) is 3.19. The zero-order valence-electron chi connectivity index (χ0n) is 10.4. The van der Waals surface area contributed by atoms with Crippen LogP contribution >= 0.6 is 11.6 Å². The molecule has 3 rings (SSSR count). The van der Waals surface area contributed by atoms with Crippen LogP contribution in [-0.4, -0.2) is 16.7 Å². The minimum Gasteiger partial charge on any atom is -0.406 e. The average molecular weight is 279 g/mol. The van der Waals surface area contributed by atoms with Crippen molar-refractivity contribution in [3.63, 3.8) is 0 Å². The van der Waals surface area contributed by atoms with Crippen molar-refractivity contribution in [1.82, 2.24) is 15.5 Å². The number of aromatic nitrogens is 2. The Bertz CT molecular complexity index is 551. The highest BCUT2D eigenvalue weighted by molar-refractivity contribution is 6.31. The molecule has 1 aliphatic heterocycles. The van der Waals surface area contributed by atoms with E-state index in [1.165, 1.54) is 0 Å². The third kappa shape index (κ3) is 2.88. The maximum absolute atomic E-state index is 6.08. The molecule has 100 valence electrons. The van der Waals surface area contributed by atoms with Crippen LogP contribution < -0.4 is 10.6 Å². The third-order valence-corrected chi connectivity index (χ3v) is 3.56. The molecule has 1 aliphatic rings. The number of rotatable bonds is 4. The van der Waals surface area contributed by atoms with Crippen molar-refractivity contribution in [3.8, 4) is 0 Å². The number of halogens is 1. The SMILES string of the molecule is Clc1ccccc1CNc1nnc(C2CCCN2)o1.